The second kappa shape index (κ2) is 6.68. The lowest BCUT2D eigenvalue weighted by atomic mass is 9.89. The van der Waals surface area contributed by atoms with E-state index >= 15 is 0 Å². The van der Waals surface area contributed by atoms with Crippen molar-refractivity contribution >= 4 is 0 Å². The van der Waals surface area contributed by atoms with Gasteiger partial charge in [-0.1, -0.05) is 20.8 Å². The van der Waals surface area contributed by atoms with Gasteiger partial charge in [0, 0.05) is 31.2 Å². The highest BCUT2D eigenvalue weighted by Gasteiger charge is 2.35. The fourth-order valence-corrected chi connectivity index (χ4v) is 3.02. The van der Waals surface area contributed by atoms with Crippen molar-refractivity contribution in [3.05, 3.63) is 12.2 Å². The van der Waals surface area contributed by atoms with Gasteiger partial charge in [0.05, 0.1) is 6.54 Å². The van der Waals surface area contributed by atoms with Crippen LogP contribution < -0.4 is 5.32 Å². The second-order valence-corrected chi connectivity index (χ2v) is 6.02. The van der Waals surface area contributed by atoms with Crippen LogP contribution in [0.3, 0.4) is 0 Å². The standard InChI is InChI=1S/C15H29N5/c1-5-8-20-14(16-12-18-20)10-19-11-15(6-2,7-3)17-9-13(19)4/h12-13,17H,5-11H2,1-4H3. The van der Waals surface area contributed by atoms with Crippen molar-refractivity contribution in [2.24, 2.45) is 0 Å². The van der Waals surface area contributed by atoms with E-state index in [1.165, 1.54) is 12.8 Å². The number of piperazine rings is 1. The van der Waals surface area contributed by atoms with Gasteiger partial charge in [-0.3, -0.25) is 4.90 Å². The molecule has 1 N–H and O–H groups in total. The molecule has 0 aliphatic carbocycles. The van der Waals surface area contributed by atoms with Crippen molar-refractivity contribution in [2.45, 2.75) is 71.6 Å². The van der Waals surface area contributed by atoms with Gasteiger partial charge in [0.2, 0.25) is 0 Å². The van der Waals surface area contributed by atoms with E-state index in [2.05, 4.69) is 48.0 Å². The Balaban J connectivity index is 2.08. The number of aryl methyl sites for hydroxylation is 1. The molecule has 0 amide bonds. The van der Waals surface area contributed by atoms with Crippen molar-refractivity contribution < 1.29 is 0 Å². The van der Waals surface area contributed by atoms with Crippen LogP contribution in [0.5, 0.6) is 0 Å². The van der Waals surface area contributed by atoms with Gasteiger partial charge in [0.15, 0.2) is 0 Å². The molecule has 1 atom stereocenters. The maximum atomic E-state index is 4.45. The zero-order valence-corrected chi connectivity index (χ0v) is 13.4. The zero-order valence-electron chi connectivity index (χ0n) is 13.4. The van der Waals surface area contributed by atoms with Crippen molar-refractivity contribution in [2.75, 3.05) is 13.1 Å². The van der Waals surface area contributed by atoms with Crippen molar-refractivity contribution in [1.29, 1.82) is 0 Å². The molecule has 0 radical (unpaired) electrons. The quantitative estimate of drug-likeness (QED) is 0.865. The van der Waals surface area contributed by atoms with Gasteiger partial charge in [0.1, 0.15) is 12.2 Å². The van der Waals surface area contributed by atoms with E-state index in [0.29, 0.717) is 6.04 Å². The van der Waals surface area contributed by atoms with E-state index < -0.39 is 0 Å². The predicted molar refractivity (Wildman–Crippen MR) is 81.5 cm³/mol. The Morgan fingerprint density at radius 3 is 2.75 bits per heavy atom. The molecule has 114 valence electrons. The van der Waals surface area contributed by atoms with E-state index in [-0.39, 0.29) is 5.54 Å². The molecule has 5 nitrogen and oxygen atoms in total. The Bertz CT molecular complexity index is 410. The van der Waals surface area contributed by atoms with Gasteiger partial charge in [-0.2, -0.15) is 5.10 Å². The highest BCUT2D eigenvalue weighted by Crippen LogP contribution is 2.23. The van der Waals surface area contributed by atoms with Crippen LogP contribution in [-0.4, -0.2) is 44.3 Å². The van der Waals surface area contributed by atoms with Crippen LogP contribution in [0.15, 0.2) is 6.33 Å². The lowest BCUT2D eigenvalue weighted by molar-refractivity contribution is 0.0712. The third kappa shape index (κ3) is 3.20. The van der Waals surface area contributed by atoms with Gasteiger partial charge in [-0.05, 0) is 26.2 Å². The first-order valence-corrected chi connectivity index (χ1v) is 8.00. The fraction of sp³-hybridized carbons (Fsp3) is 0.867. The van der Waals surface area contributed by atoms with Crippen LogP contribution in [-0.2, 0) is 13.1 Å². The number of aromatic nitrogens is 3. The number of nitrogens with one attached hydrogen (secondary N) is 1. The largest absolute Gasteiger partial charge is 0.308 e. The minimum absolute atomic E-state index is 0.266. The van der Waals surface area contributed by atoms with Crippen LogP contribution in [0.4, 0.5) is 0 Å². The van der Waals surface area contributed by atoms with E-state index in [9.17, 15) is 0 Å². The third-order valence-electron chi connectivity index (χ3n) is 4.73. The lowest BCUT2D eigenvalue weighted by Crippen LogP contribution is -2.62. The first-order valence-electron chi connectivity index (χ1n) is 8.00. The number of nitrogens with zero attached hydrogens (tertiary/aromatic N) is 4. The minimum atomic E-state index is 0.266. The summed E-state index contributed by atoms with van der Waals surface area (Å²) in [7, 11) is 0. The molecular weight excluding hydrogens is 250 g/mol. The highest BCUT2D eigenvalue weighted by molar-refractivity contribution is 4.97. The molecule has 1 aliphatic heterocycles. The van der Waals surface area contributed by atoms with E-state index in [1.807, 2.05) is 4.68 Å². The number of hydrogen-bond donors (Lipinski definition) is 1. The first-order chi connectivity index (χ1) is 9.64. The molecule has 1 aliphatic rings. The lowest BCUT2D eigenvalue weighted by Gasteiger charge is -2.46. The molecule has 20 heavy (non-hydrogen) atoms. The summed E-state index contributed by atoms with van der Waals surface area (Å²) in [4.78, 5) is 7.01. The summed E-state index contributed by atoms with van der Waals surface area (Å²) >= 11 is 0. The van der Waals surface area contributed by atoms with Crippen molar-refractivity contribution in [3.63, 3.8) is 0 Å². The smallest absolute Gasteiger partial charge is 0.141 e. The maximum Gasteiger partial charge on any atom is 0.141 e. The average molecular weight is 279 g/mol. The average Bonchev–Trinajstić information content (AvgIpc) is 2.89. The summed E-state index contributed by atoms with van der Waals surface area (Å²) in [6, 6.07) is 0.549. The molecule has 1 aromatic heterocycles. The second-order valence-electron chi connectivity index (χ2n) is 6.02. The Hall–Kier alpha value is -0.940. The molecule has 0 spiro atoms. The molecule has 0 bridgehead atoms. The van der Waals surface area contributed by atoms with Gasteiger partial charge >= 0.3 is 0 Å². The summed E-state index contributed by atoms with van der Waals surface area (Å²) in [6.45, 7) is 13.1. The summed E-state index contributed by atoms with van der Waals surface area (Å²) in [5.74, 6) is 1.10. The molecule has 1 saturated heterocycles. The Kier molecular flexibility index (Phi) is 5.16. The summed E-state index contributed by atoms with van der Waals surface area (Å²) < 4.78 is 2.05. The molecule has 1 fully saturated rings. The molecule has 0 saturated carbocycles. The van der Waals surface area contributed by atoms with Crippen LogP contribution in [0.1, 0.15) is 52.8 Å². The minimum Gasteiger partial charge on any atom is -0.308 e. The fourth-order valence-electron chi connectivity index (χ4n) is 3.02. The van der Waals surface area contributed by atoms with E-state index in [0.717, 1.165) is 38.4 Å². The highest BCUT2D eigenvalue weighted by atomic mass is 15.4. The molecular formula is C15H29N5. The van der Waals surface area contributed by atoms with Crippen molar-refractivity contribution in [3.8, 4) is 0 Å². The summed E-state index contributed by atoms with van der Waals surface area (Å²) in [5.41, 5.74) is 0.266. The first kappa shape index (κ1) is 15.4. The Morgan fingerprint density at radius 2 is 2.10 bits per heavy atom. The van der Waals surface area contributed by atoms with Crippen LogP contribution in [0.25, 0.3) is 0 Å². The van der Waals surface area contributed by atoms with Crippen molar-refractivity contribution in [1.82, 2.24) is 25.0 Å². The SMILES string of the molecule is CCCn1ncnc1CN1CC(CC)(CC)NCC1C. The molecule has 2 rings (SSSR count). The molecule has 1 unspecified atom stereocenters. The molecule has 2 heterocycles. The third-order valence-corrected chi connectivity index (χ3v) is 4.73. The maximum absolute atomic E-state index is 4.45. The molecule has 0 aromatic carbocycles. The van der Waals surface area contributed by atoms with Crippen LogP contribution in [0.2, 0.25) is 0 Å². The summed E-state index contributed by atoms with van der Waals surface area (Å²) in [5, 5.41) is 8.08. The number of hydrogen-bond acceptors (Lipinski definition) is 4. The van der Waals surface area contributed by atoms with Crippen LogP contribution in [0, 0.1) is 0 Å². The predicted octanol–water partition coefficient (Wildman–Crippen LogP) is 2.04. The van der Waals surface area contributed by atoms with E-state index in [1.54, 1.807) is 6.33 Å². The van der Waals surface area contributed by atoms with E-state index in [4.69, 9.17) is 0 Å². The zero-order chi connectivity index (χ0) is 14.6. The topological polar surface area (TPSA) is 46.0 Å². The molecule has 1 aromatic rings. The monoisotopic (exact) mass is 279 g/mol. The Labute approximate surface area is 122 Å². The summed E-state index contributed by atoms with van der Waals surface area (Å²) in [6.07, 6.45) is 5.13. The molecule has 5 heteroatoms. The normalized spacial score (nSPS) is 23.1. The number of rotatable bonds is 6. The van der Waals surface area contributed by atoms with Gasteiger partial charge in [0.25, 0.3) is 0 Å². The van der Waals surface area contributed by atoms with Gasteiger partial charge < -0.3 is 5.32 Å². The van der Waals surface area contributed by atoms with Gasteiger partial charge in [-0.25, -0.2) is 9.67 Å². The van der Waals surface area contributed by atoms with Gasteiger partial charge in [-0.15, -0.1) is 0 Å². The Morgan fingerprint density at radius 1 is 1.35 bits per heavy atom. The van der Waals surface area contributed by atoms with Crippen LogP contribution >= 0.6 is 0 Å².